The van der Waals surface area contributed by atoms with Crippen LogP contribution >= 0.6 is 0 Å². The van der Waals surface area contributed by atoms with E-state index in [1.165, 1.54) is 11.1 Å². The minimum atomic E-state index is -4.53. The molecular weight excluding hydrogens is 483 g/mol. The van der Waals surface area contributed by atoms with Gasteiger partial charge in [0.15, 0.2) is 5.65 Å². The fourth-order valence-corrected chi connectivity index (χ4v) is 5.66. The van der Waals surface area contributed by atoms with Crippen LogP contribution in [0.4, 0.5) is 19.1 Å². The van der Waals surface area contributed by atoms with E-state index < -0.39 is 17.3 Å². The van der Waals surface area contributed by atoms with Crippen LogP contribution in [-0.2, 0) is 12.6 Å². The number of halogens is 3. The van der Waals surface area contributed by atoms with E-state index in [0.29, 0.717) is 19.0 Å². The van der Waals surface area contributed by atoms with Crippen LogP contribution in [0.25, 0.3) is 16.6 Å². The summed E-state index contributed by atoms with van der Waals surface area (Å²) in [6.45, 7) is 5.20. The number of hydrogen-bond acceptors (Lipinski definition) is 6. The van der Waals surface area contributed by atoms with Gasteiger partial charge >= 0.3 is 6.18 Å². The highest BCUT2D eigenvalue weighted by atomic mass is 19.4. The van der Waals surface area contributed by atoms with Gasteiger partial charge in [-0.1, -0.05) is 30.8 Å². The van der Waals surface area contributed by atoms with E-state index in [-0.39, 0.29) is 39.5 Å². The highest BCUT2D eigenvalue weighted by Crippen LogP contribution is 2.50. The number of piperidine rings is 1. The molecule has 2 aliphatic rings. The lowest BCUT2D eigenvalue weighted by atomic mass is 9.73. The van der Waals surface area contributed by atoms with Crippen LogP contribution in [0.15, 0.2) is 54.0 Å². The molecule has 0 radical (unpaired) electrons. The number of aromatic amines is 2. The van der Waals surface area contributed by atoms with Gasteiger partial charge in [0.25, 0.3) is 5.56 Å². The Morgan fingerprint density at radius 3 is 2.68 bits per heavy atom. The fraction of sp³-hybridized carbons (Fsp3) is 0.308. The van der Waals surface area contributed by atoms with Crippen molar-refractivity contribution < 1.29 is 13.2 Å². The predicted octanol–water partition coefficient (Wildman–Crippen LogP) is 3.96. The normalized spacial score (nSPS) is 18.9. The highest BCUT2D eigenvalue weighted by molar-refractivity contribution is 5.91. The molecule has 3 aromatic heterocycles. The van der Waals surface area contributed by atoms with E-state index in [1.54, 1.807) is 0 Å². The summed E-state index contributed by atoms with van der Waals surface area (Å²) < 4.78 is 39.4. The first kappa shape index (κ1) is 23.4. The number of rotatable bonds is 3. The second kappa shape index (κ2) is 8.27. The zero-order valence-corrected chi connectivity index (χ0v) is 19.8. The lowest BCUT2D eigenvalue weighted by Gasteiger charge is -2.42. The molecule has 0 bridgehead atoms. The number of anilines is 1. The molecule has 0 unspecified atom stereocenters. The third-order valence-corrected chi connectivity index (χ3v) is 7.76. The summed E-state index contributed by atoms with van der Waals surface area (Å²) in [7, 11) is 0. The Kier molecular flexibility index (Phi) is 5.23. The maximum Gasteiger partial charge on any atom is 0.416 e. The number of nitrogens with one attached hydrogen (secondary N) is 2. The number of alkyl halides is 3. The predicted molar refractivity (Wildman–Crippen MR) is 133 cm³/mol. The van der Waals surface area contributed by atoms with Crippen molar-refractivity contribution in [3.63, 3.8) is 0 Å². The zero-order chi connectivity index (χ0) is 25.9. The number of benzene rings is 1. The lowest BCUT2D eigenvalue weighted by Crippen LogP contribution is -2.45. The number of pyridine rings is 1. The van der Waals surface area contributed by atoms with Gasteiger partial charge < -0.3 is 10.6 Å². The van der Waals surface area contributed by atoms with Crippen LogP contribution in [0.5, 0.6) is 0 Å². The monoisotopic (exact) mass is 507 g/mol. The van der Waals surface area contributed by atoms with Gasteiger partial charge in [0, 0.05) is 30.9 Å². The van der Waals surface area contributed by atoms with Gasteiger partial charge in [-0.05, 0) is 47.9 Å². The number of hydrogen-bond donors (Lipinski definition) is 3. The standard InChI is InChI=1S/C26H24F3N7O/c1-14(18-12-16(6-9-31-18)26(27,28)29)20-19-22(35-34-20)32-24(33-23(19)37)36-10-7-25(8-11-36)13-15-4-2-3-5-17(15)21(25)30/h2-6,9,12,21H,1,7-8,10-11,13,30H2,(H2,32,33,34,35,37)/t21-/m1/s1. The number of nitrogens with zero attached hydrogens (tertiary/aromatic N) is 4. The van der Waals surface area contributed by atoms with Crippen molar-refractivity contribution in [3.05, 3.63) is 87.6 Å². The largest absolute Gasteiger partial charge is 0.416 e. The average molecular weight is 508 g/mol. The summed E-state index contributed by atoms with van der Waals surface area (Å²) in [6, 6.07) is 10.0. The summed E-state index contributed by atoms with van der Waals surface area (Å²) in [4.78, 5) is 26.5. The van der Waals surface area contributed by atoms with Crippen molar-refractivity contribution in [1.29, 1.82) is 0 Å². The van der Waals surface area contributed by atoms with Gasteiger partial charge in [-0.15, -0.1) is 0 Å². The van der Waals surface area contributed by atoms with Gasteiger partial charge in [-0.25, -0.2) is 0 Å². The van der Waals surface area contributed by atoms with E-state index in [2.05, 4.69) is 43.9 Å². The summed E-state index contributed by atoms with van der Waals surface area (Å²) in [5.41, 5.74) is 8.29. The van der Waals surface area contributed by atoms with Crippen molar-refractivity contribution in [2.45, 2.75) is 31.5 Å². The molecule has 0 saturated carbocycles. The number of aromatic nitrogens is 5. The summed E-state index contributed by atoms with van der Waals surface area (Å²) >= 11 is 0. The smallest absolute Gasteiger partial charge is 0.342 e. The lowest BCUT2D eigenvalue weighted by molar-refractivity contribution is -0.137. The minimum Gasteiger partial charge on any atom is -0.342 e. The van der Waals surface area contributed by atoms with Crippen molar-refractivity contribution in [2.24, 2.45) is 11.1 Å². The van der Waals surface area contributed by atoms with Crippen LogP contribution in [0.1, 0.15) is 47.0 Å². The van der Waals surface area contributed by atoms with E-state index >= 15 is 0 Å². The molecular formula is C26H24F3N7O. The number of nitrogens with two attached hydrogens (primary N) is 1. The summed E-state index contributed by atoms with van der Waals surface area (Å²) in [5, 5.41) is 6.98. The molecule has 8 nitrogen and oxygen atoms in total. The van der Waals surface area contributed by atoms with Gasteiger partial charge in [0.05, 0.1) is 17.0 Å². The molecule has 6 rings (SSSR count). The summed E-state index contributed by atoms with van der Waals surface area (Å²) in [6.07, 6.45) is -0.820. The molecule has 4 heterocycles. The molecule has 4 aromatic rings. The van der Waals surface area contributed by atoms with Crippen molar-refractivity contribution in [3.8, 4) is 0 Å². The van der Waals surface area contributed by atoms with Crippen LogP contribution < -0.4 is 16.2 Å². The van der Waals surface area contributed by atoms with Crippen molar-refractivity contribution >= 4 is 22.6 Å². The van der Waals surface area contributed by atoms with Crippen LogP contribution in [0, 0.1) is 5.41 Å². The van der Waals surface area contributed by atoms with Crippen LogP contribution in [-0.4, -0.2) is 38.2 Å². The maximum absolute atomic E-state index is 13.1. The third kappa shape index (κ3) is 3.81. The molecule has 1 spiro atoms. The Balaban J connectivity index is 1.25. The topological polar surface area (TPSA) is 117 Å². The summed E-state index contributed by atoms with van der Waals surface area (Å²) in [5.74, 6) is 0.400. The molecule has 37 heavy (non-hydrogen) atoms. The molecule has 4 N–H and O–H groups in total. The van der Waals surface area contributed by atoms with E-state index in [4.69, 9.17) is 5.73 Å². The molecule has 11 heteroatoms. The second-order valence-corrected chi connectivity index (χ2v) is 9.80. The highest BCUT2D eigenvalue weighted by Gasteiger charge is 2.46. The minimum absolute atomic E-state index is 0.0141. The molecule has 1 saturated heterocycles. The quantitative estimate of drug-likeness (QED) is 0.387. The third-order valence-electron chi connectivity index (χ3n) is 7.76. The Morgan fingerprint density at radius 2 is 1.95 bits per heavy atom. The first-order valence-corrected chi connectivity index (χ1v) is 12.0. The van der Waals surface area contributed by atoms with Crippen molar-refractivity contribution in [1.82, 2.24) is 25.1 Å². The number of H-pyrrole nitrogens is 2. The van der Waals surface area contributed by atoms with Gasteiger partial charge in [0.1, 0.15) is 5.39 Å². The molecule has 190 valence electrons. The molecule has 0 amide bonds. The fourth-order valence-electron chi connectivity index (χ4n) is 5.66. The van der Waals surface area contributed by atoms with Gasteiger partial charge in [-0.3, -0.25) is 19.9 Å². The zero-order valence-electron chi connectivity index (χ0n) is 19.8. The average Bonchev–Trinajstić information content (AvgIpc) is 3.43. The number of fused-ring (bicyclic) bond motifs is 2. The molecule has 1 aliphatic carbocycles. The Labute approximate surface area is 209 Å². The van der Waals surface area contributed by atoms with Crippen molar-refractivity contribution in [2.75, 3.05) is 18.0 Å². The van der Waals surface area contributed by atoms with E-state index in [1.807, 2.05) is 17.0 Å². The van der Waals surface area contributed by atoms with E-state index in [9.17, 15) is 18.0 Å². The Hall–Kier alpha value is -3.99. The van der Waals surface area contributed by atoms with Crippen LogP contribution in [0.3, 0.4) is 0 Å². The Morgan fingerprint density at radius 1 is 1.19 bits per heavy atom. The molecule has 1 aromatic carbocycles. The first-order valence-electron chi connectivity index (χ1n) is 12.0. The SMILES string of the molecule is C=C(c1cc(C(F)(F)F)ccn1)c1[nH]nc2nc(N3CCC4(CC3)Cc3ccccc3[C@H]4N)[nH]c(=O)c12. The van der Waals surface area contributed by atoms with Gasteiger partial charge in [-0.2, -0.15) is 23.3 Å². The molecule has 1 aliphatic heterocycles. The molecule has 1 fully saturated rings. The first-order chi connectivity index (χ1) is 17.7. The Bertz CT molecular complexity index is 1580. The maximum atomic E-state index is 13.1. The van der Waals surface area contributed by atoms with E-state index in [0.717, 1.165) is 37.6 Å². The van der Waals surface area contributed by atoms with Crippen LogP contribution in [0.2, 0.25) is 0 Å². The molecule has 1 atom stereocenters. The van der Waals surface area contributed by atoms with Gasteiger partial charge in [0.2, 0.25) is 5.95 Å². The second-order valence-electron chi connectivity index (χ2n) is 9.80.